The molecule has 0 aliphatic carbocycles. The zero-order valence-electron chi connectivity index (χ0n) is 12.1. The Hall–Kier alpha value is -1.72. The summed E-state index contributed by atoms with van der Waals surface area (Å²) < 4.78 is 24.5. The van der Waals surface area contributed by atoms with E-state index in [9.17, 15) is 9.18 Å². The molecule has 3 unspecified atom stereocenters. The van der Waals surface area contributed by atoms with Gasteiger partial charge in [-0.3, -0.25) is 0 Å². The Morgan fingerprint density at radius 2 is 2.10 bits per heavy atom. The van der Waals surface area contributed by atoms with E-state index in [0.717, 1.165) is 12.0 Å². The standard InChI is InChI=1S/C16H18FNO3/c1-20-13-8-9-7-11(10-5-3-4-6-12(10)17)14(15(13)18-9)16(19)21-2/h3-6,9,13,15,18H,7-8H2,1-2H3. The van der Waals surface area contributed by atoms with Crippen molar-refractivity contribution in [3.05, 3.63) is 41.2 Å². The largest absolute Gasteiger partial charge is 0.466 e. The molecule has 0 amide bonds. The number of carbonyl (C=O) groups excluding carboxylic acids is 1. The molecular formula is C16H18FNO3. The molecule has 1 N–H and O–H groups in total. The van der Waals surface area contributed by atoms with Crippen molar-refractivity contribution in [1.82, 2.24) is 5.32 Å². The van der Waals surface area contributed by atoms with Gasteiger partial charge in [-0.25, -0.2) is 9.18 Å². The lowest BCUT2D eigenvalue weighted by molar-refractivity contribution is -0.136. The van der Waals surface area contributed by atoms with E-state index in [1.54, 1.807) is 25.3 Å². The lowest BCUT2D eigenvalue weighted by atomic mass is 9.89. The average molecular weight is 291 g/mol. The smallest absolute Gasteiger partial charge is 0.335 e. The number of carbonyl (C=O) groups is 1. The van der Waals surface area contributed by atoms with Gasteiger partial charge in [0.05, 0.1) is 24.8 Å². The van der Waals surface area contributed by atoms with Crippen LogP contribution in [0, 0.1) is 5.82 Å². The van der Waals surface area contributed by atoms with Crippen molar-refractivity contribution in [1.29, 1.82) is 0 Å². The van der Waals surface area contributed by atoms with Gasteiger partial charge in [0.2, 0.25) is 0 Å². The van der Waals surface area contributed by atoms with E-state index in [1.807, 2.05) is 0 Å². The molecule has 2 aliphatic rings. The molecule has 2 aliphatic heterocycles. The topological polar surface area (TPSA) is 47.6 Å². The van der Waals surface area contributed by atoms with Gasteiger partial charge in [-0.1, -0.05) is 18.2 Å². The maximum absolute atomic E-state index is 14.1. The van der Waals surface area contributed by atoms with E-state index in [1.165, 1.54) is 13.2 Å². The van der Waals surface area contributed by atoms with Crippen molar-refractivity contribution in [2.24, 2.45) is 0 Å². The first-order valence-corrected chi connectivity index (χ1v) is 7.00. The van der Waals surface area contributed by atoms with E-state index in [0.29, 0.717) is 17.6 Å². The van der Waals surface area contributed by atoms with Gasteiger partial charge >= 0.3 is 5.97 Å². The lowest BCUT2D eigenvalue weighted by Crippen LogP contribution is -2.42. The van der Waals surface area contributed by atoms with E-state index in [2.05, 4.69) is 5.32 Å². The normalized spacial score (nSPS) is 27.9. The molecule has 1 fully saturated rings. The number of hydrogen-bond donors (Lipinski definition) is 1. The maximum atomic E-state index is 14.1. The Labute approximate surface area is 122 Å². The van der Waals surface area contributed by atoms with Crippen LogP contribution in [-0.2, 0) is 14.3 Å². The second-order valence-electron chi connectivity index (χ2n) is 5.42. The summed E-state index contributed by atoms with van der Waals surface area (Å²) in [6.07, 6.45) is 1.31. The van der Waals surface area contributed by atoms with Crippen molar-refractivity contribution in [2.45, 2.75) is 31.0 Å². The number of rotatable bonds is 3. The molecule has 112 valence electrons. The predicted octanol–water partition coefficient (Wildman–Crippen LogP) is 1.90. The molecule has 21 heavy (non-hydrogen) atoms. The number of ether oxygens (including phenoxy) is 2. The summed E-state index contributed by atoms with van der Waals surface area (Å²) in [7, 11) is 2.97. The van der Waals surface area contributed by atoms with Gasteiger partial charge in [-0.2, -0.15) is 0 Å². The number of benzene rings is 1. The number of halogens is 1. The van der Waals surface area contributed by atoms with Gasteiger partial charge in [-0.15, -0.1) is 0 Å². The second kappa shape index (κ2) is 5.58. The maximum Gasteiger partial charge on any atom is 0.335 e. The molecular weight excluding hydrogens is 273 g/mol. The third-order valence-electron chi connectivity index (χ3n) is 4.30. The molecule has 2 bridgehead atoms. The fourth-order valence-electron chi connectivity index (χ4n) is 3.35. The second-order valence-corrected chi connectivity index (χ2v) is 5.42. The summed E-state index contributed by atoms with van der Waals surface area (Å²) in [4.78, 5) is 12.2. The van der Waals surface area contributed by atoms with Crippen LogP contribution in [0.5, 0.6) is 0 Å². The number of esters is 1. The summed E-state index contributed by atoms with van der Waals surface area (Å²) in [6, 6.07) is 6.50. The van der Waals surface area contributed by atoms with Crippen LogP contribution in [0.25, 0.3) is 5.57 Å². The summed E-state index contributed by atoms with van der Waals surface area (Å²) in [6.45, 7) is 0. The first-order chi connectivity index (χ1) is 10.2. The third-order valence-corrected chi connectivity index (χ3v) is 4.30. The molecule has 3 rings (SSSR count). The average Bonchev–Trinajstić information content (AvgIpc) is 2.83. The van der Waals surface area contributed by atoms with Gasteiger partial charge in [-0.05, 0) is 24.5 Å². The van der Waals surface area contributed by atoms with Crippen molar-refractivity contribution in [3.63, 3.8) is 0 Å². The van der Waals surface area contributed by atoms with E-state index in [4.69, 9.17) is 9.47 Å². The Kier molecular flexibility index (Phi) is 3.78. The molecule has 1 aromatic rings. The van der Waals surface area contributed by atoms with E-state index >= 15 is 0 Å². The fraction of sp³-hybridized carbons (Fsp3) is 0.438. The minimum atomic E-state index is -0.423. The van der Waals surface area contributed by atoms with Crippen molar-refractivity contribution >= 4 is 11.5 Å². The van der Waals surface area contributed by atoms with Gasteiger partial charge in [0.25, 0.3) is 0 Å². The van der Waals surface area contributed by atoms with Crippen LogP contribution in [0.3, 0.4) is 0 Å². The van der Waals surface area contributed by atoms with Gasteiger partial charge < -0.3 is 14.8 Å². The van der Waals surface area contributed by atoms with Crippen molar-refractivity contribution < 1.29 is 18.7 Å². The molecule has 3 atom stereocenters. The summed E-state index contributed by atoms with van der Waals surface area (Å²) in [5, 5.41) is 3.37. The summed E-state index contributed by atoms with van der Waals surface area (Å²) >= 11 is 0. The monoisotopic (exact) mass is 291 g/mol. The minimum Gasteiger partial charge on any atom is -0.466 e. The van der Waals surface area contributed by atoms with Gasteiger partial charge in [0.1, 0.15) is 5.82 Å². The Bertz CT molecular complexity index is 599. The number of nitrogens with one attached hydrogen (secondary N) is 1. The molecule has 0 saturated carbocycles. The van der Waals surface area contributed by atoms with Crippen LogP contribution in [0.15, 0.2) is 29.8 Å². The fourth-order valence-corrected chi connectivity index (χ4v) is 3.35. The molecule has 0 radical (unpaired) electrons. The van der Waals surface area contributed by atoms with Crippen LogP contribution >= 0.6 is 0 Å². The van der Waals surface area contributed by atoms with Crippen LogP contribution < -0.4 is 5.32 Å². The van der Waals surface area contributed by atoms with Crippen molar-refractivity contribution in [3.8, 4) is 0 Å². The molecule has 4 nitrogen and oxygen atoms in total. The zero-order valence-corrected chi connectivity index (χ0v) is 12.1. The quantitative estimate of drug-likeness (QED) is 0.864. The zero-order chi connectivity index (χ0) is 15.0. The molecule has 0 aromatic heterocycles. The van der Waals surface area contributed by atoms with Crippen LogP contribution in [0.4, 0.5) is 4.39 Å². The predicted molar refractivity (Wildman–Crippen MR) is 76.1 cm³/mol. The van der Waals surface area contributed by atoms with Gasteiger partial charge in [0.15, 0.2) is 0 Å². The van der Waals surface area contributed by atoms with Crippen LogP contribution in [0.2, 0.25) is 0 Å². The number of hydrogen-bond acceptors (Lipinski definition) is 4. The first-order valence-electron chi connectivity index (χ1n) is 7.00. The minimum absolute atomic E-state index is 0.0895. The highest BCUT2D eigenvalue weighted by Crippen LogP contribution is 2.39. The molecule has 0 spiro atoms. The highest BCUT2D eigenvalue weighted by molar-refractivity contribution is 6.00. The van der Waals surface area contributed by atoms with Gasteiger partial charge in [0, 0.05) is 18.7 Å². The SMILES string of the molecule is COC(=O)C1=C(c2ccccc2F)CC2CC(OC)C1N2. The third kappa shape index (κ3) is 2.36. The Balaban J connectivity index is 2.13. The van der Waals surface area contributed by atoms with Crippen LogP contribution in [-0.4, -0.2) is 38.4 Å². The lowest BCUT2D eigenvalue weighted by Gasteiger charge is -2.28. The summed E-state index contributed by atoms with van der Waals surface area (Å²) in [5.41, 5.74) is 1.70. The Morgan fingerprint density at radius 1 is 1.33 bits per heavy atom. The number of fused-ring (bicyclic) bond motifs is 2. The number of methoxy groups -OCH3 is 2. The molecule has 1 saturated heterocycles. The summed E-state index contributed by atoms with van der Waals surface area (Å²) in [5.74, 6) is -0.739. The molecule has 2 heterocycles. The highest BCUT2D eigenvalue weighted by Gasteiger charge is 2.44. The van der Waals surface area contributed by atoms with Crippen molar-refractivity contribution in [2.75, 3.05) is 14.2 Å². The van der Waals surface area contributed by atoms with E-state index < -0.39 is 5.97 Å². The Morgan fingerprint density at radius 3 is 2.76 bits per heavy atom. The molecule has 5 heteroatoms. The molecule has 1 aromatic carbocycles. The van der Waals surface area contributed by atoms with Crippen LogP contribution in [0.1, 0.15) is 18.4 Å². The first kappa shape index (κ1) is 14.2. The van der Waals surface area contributed by atoms with E-state index in [-0.39, 0.29) is 24.0 Å². The highest BCUT2D eigenvalue weighted by atomic mass is 19.1.